The first-order valence-corrected chi connectivity index (χ1v) is 5.52. The molecule has 1 rings (SSSR count). The number of anilines is 1. The molecule has 0 radical (unpaired) electrons. The molecular formula is C13H22N2O. The van der Waals surface area contributed by atoms with Gasteiger partial charge in [0.25, 0.3) is 0 Å². The summed E-state index contributed by atoms with van der Waals surface area (Å²) in [5, 5.41) is 3.30. The van der Waals surface area contributed by atoms with Crippen molar-refractivity contribution in [2.24, 2.45) is 0 Å². The zero-order valence-corrected chi connectivity index (χ0v) is 10.9. The highest BCUT2D eigenvalue weighted by molar-refractivity contribution is 5.48. The van der Waals surface area contributed by atoms with Crippen molar-refractivity contribution in [2.75, 3.05) is 32.6 Å². The van der Waals surface area contributed by atoms with Gasteiger partial charge in [0, 0.05) is 24.8 Å². The van der Waals surface area contributed by atoms with E-state index >= 15 is 0 Å². The van der Waals surface area contributed by atoms with E-state index in [4.69, 9.17) is 4.74 Å². The Morgan fingerprint density at radius 3 is 2.25 bits per heavy atom. The molecule has 1 N–H and O–H groups in total. The van der Waals surface area contributed by atoms with Gasteiger partial charge in [-0.1, -0.05) is 0 Å². The number of hydrogen-bond acceptors (Lipinski definition) is 3. The standard InChI is InChI=1S/C13H22N2O/c1-13(2,14-3)10-15(4)11-6-8-12(16-5)9-7-11/h6-9,14H,10H2,1-5H3. The topological polar surface area (TPSA) is 24.5 Å². The Labute approximate surface area is 98.4 Å². The van der Waals surface area contributed by atoms with Crippen LogP contribution in [0.1, 0.15) is 13.8 Å². The van der Waals surface area contributed by atoms with Crippen LogP contribution < -0.4 is 15.0 Å². The average Bonchev–Trinajstić information content (AvgIpc) is 2.28. The van der Waals surface area contributed by atoms with Crippen molar-refractivity contribution in [1.82, 2.24) is 5.32 Å². The highest BCUT2D eigenvalue weighted by atomic mass is 16.5. The number of hydrogen-bond donors (Lipinski definition) is 1. The van der Waals surface area contributed by atoms with Crippen LogP contribution in [0.25, 0.3) is 0 Å². The van der Waals surface area contributed by atoms with E-state index in [1.165, 1.54) is 5.69 Å². The van der Waals surface area contributed by atoms with Gasteiger partial charge in [0.2, 0.25) is 0 Å². The van der Waals surface area contributed by atoms with Gasteiger partial charge < -0.3 is 15.0 Å². The minimum Gasteiger partial charge on any atom is -0.497 e. The molecular weight excluding hydrogens is 200 g/mol. The molecule has 0 heterocycles. The molecule has 3 nitrogen and oxygen atoms in total. The Bertz CT molecular complexity index is 319. The van der Waals surface area contributed by atoms with Gasteiger partial charge in [0.05, 0.1) is 7.11 Å². The molecule has 0 aliphatic heterocycles. The number of rotatable bonds is 5. The van der Waals surface area contributed by atoms with Crippen LogP contribution in [0.15, 0.2) is 24.3 Å². The van der Waals surface area contributed by atoms with Gasteiger partial charge in [0.15, 0.2) is 0 Å². The number of nitrogens with one attached hydrogen (secondary N) is 1. The molecule has 0 aromatic heterocycles. The molecule has 0 saturated carbocycles. The summed E-state index contributed by atoms with van der Waals surface area (Å²) in [7, 11) is 5.77. The van der Waals surface area contributed by atoms with Gasteiger partial charge in [-0.15, -0.1) is 0 Å². The molecule has 0 amide bonds. The third kappa shape index (κ3) is 3.42. The maximum atomic E-state index is 5.14. The van der Waals surface area contributed by atoms with E-state index in [0.717, 1.165) is 12.3 Å². The molecule has 0 saturated heterocycles. The van der Waals surface area contributed by atoms with Crippen LogP contribution in [0, 0.1) is 0 Å². The normalized spacial score (nSPS) is 11.3. The summed E-state index contributed by atoms with van der Waals surface area (Å²) in [6.45, 7) is 5.33. The van der Waals surface area contributed by atoms with Crippen molar-refractivity contribution in [3.05, 3.63) is 24.3 Å². The zero-order valence-electron chi connectivity index (χ0n) is 10.9. The average molecular weight is 222 g/mol. The molecule has 0 unspecified atom stereocenters. The van der Waals surface area contributed by atoms with E-state index in [0.29, 0.717) is 0 Å². The number of likely N-dealkylation sites (N-methyl/N-ethyl adjacent to an activating group) is 2. The van der Waals surface area contributed by atoms with Crippen molar-refractivity contribution < 1.29 is 4.74 Å². The molecule has 0 spiro atoms. The van der Waals surface area contributed by atoms with E-state index in [1.807, 2.05) is 19.2 Å². The number of benzene rings is 1. The first kappa shape index (κ1) is 12.8. The maximum Gasteiger partial charge on any atom is 0.119 e. The minimum absolute atomic E-state index is 0.106. The highest BCUT2D eigenvalue weighted by Crippen LogP contribution is 2.19. The number of nitrogens with zero attached hydrogens (tertiary/aromatic N) is 1. The predicted molar refractivity (Wildman–Crippen MR) is 69.4 cm³/mol. The molecule has 0 atom stereocenters. The summed E-state index contributed by atoms with van der Waals surface area (Å²) in [4.78, 5) is 2.23. The van der Waals surface area contributed by atoms with Crippen LogP contribution in [-0.4, -0.2) is 33.3 Å². The van der Waals surface area contributed by atoms with Gasteiger partial charge >= 0.3 is 0 Å². The number of methoxy groups -OCH3 is 1. The van der Waals surface area contributed by atoms with E-state index in [9.17, 15) is 0 Å². The monoisotopic (exact) mass is 222 g/mol. The van der Waals surface area contributed by atoms with E-state index < -0.39 is 0 Å². The summed E-state index contributed by atoms with van der Waals surface area (Å²) in [6, 6.07) is 8.12. The second-order valence-corrected chi connectivity index (χ2v) is 4.69. The van der Waals surface area contributed by atoms with E-state index in [2.05, 4.69) is 43.2 Å². The molecule has 1 aromatic carbocycles. The molecule has 0 fully saturated rings. The smallest absolute Gasteiger partial charge is 0.119 e. The second kappa shape index (κ2) is 5.21. The quantitative estimate of drug-likeness (QED) is 0.826. The van der Waals surface area contributed by atoms with Crippen LogP contribution in [-0.2, 0) is 0 Å². The van der Waals surface area contributed by atoms with Crippen molar-refractivity contribution >= 4 is 5.69 Å². The van der Waals surface area contributed by atoms with E-state index in [1.54, 1.807) is 7.11 Å². The fourth-order valence-electron chi connectivity index (χ4n) is 1.60. The largest absolute Gasteiger partial charge is 0.497 e. The lowest BCUT2D eigenvalue weighted by Gasteiger charge is -2.31. The first-order chi connectivity index (χ1) is 7.48. The zero-order chi connectivity index (χ0) is 12.2. The Kier molecular flexibility index (Phi) is 4.19. The van der Waals surface area contributed by atoms with Crippen molar-refractivity contribution in [2.45, 2.75) is 19.4 Å². The van der Waals surface area contributed by atoms with Crippen molar-refractivity contribution in [3.8, 4) is 5.75 Å². The highest BCUT2D eigenvalue weighted by Gasteiger charge is 2.17. The lowest BCUT2D eigenvalue weighted by atomic mass is 10.1. The van der Waals surface area contributed by atoms with Crippen LogP contribution in [0.3, 0.4) is 0 Å². The Balaban J connectivity index is 2.69. The summed E-state index contributed by atoms with van der Waals surface area (Å²) in [6.07, 6.45) is 0. The molecule has 3 heteroatoms. The summed E-state index contributed by atoms with van der Waals surface area (Å²) in [5.41, 5.74) is 1.30. The van der Waals surface area contributed by atoms with Gasteiger partial charge in [-0.05, 0) is 45.2 Å². The summed E-state index contributed by atoms with van der Waals surface area (Å²) < 4.78 is 5.14. The van der Waals surface area contributed by atoms with E-state index in [-0.39, 0.29) is 5.54 Å². The van der Waals surface area contributed by atoms with Gasteiger partial charge in [-0.2, -0.15) is 0 Å². The third-order valence-electron chi connectivity index (χ3n) is 2.82. The minimum atomic E-state index is 0.106. The SMILES string of the molecule is CNC(C)(C)CN(C)c1ccc(OC)cc1. The van der Waals surface area contributed by atoms with Gasteiger partial charge in [0.1, 0.15) is 5.75 Å². The predicted octanol–water partition coefficient (Wildman–Crippen LogP) is 2.13. The molecule has 16 heavy (non-hydrogen) atoms. The molecule has 0 aliphatic rings. The molecule has 0 aliphatic carbocycles. The van der Waals surface area contributed by atoms with Gasteiger partial charge in [-0.25, -0.2) is 0 Å². The lowest BCUT2D eigenvalue weighted by molar-refractivity contribution is 0.414. The Morgan fingerprint density at radius 2 is 1.81 bits per heavy atom. The Morgan fingerprint density at radius 1 is 1.25 bits per heavy atom. The lowest BCUT2D eigenvalue weighted by Crippen LogP contribution is -2.46. The van der Waals surface area contributed by atoms with Crippen LogP contribution in [0.4, 0.5) is 5.69 Å². The summed E-state index contributed by atoms with van der Waals surface area (Å²) >= 11 is 0. The molecule has 0 bridgehead atoms. The maximum absolute atomic E-state index is 5.14. The first-order valence-electron chi connectivity index (χ1n) is 5.52. The van der Waals surface area contributed by atoms with Crippen molar-refractivity contribution in [1.29, 1.82) is 0 Å². The Hall–Kier alpha value is -1.22. The fraction of sp³-hybridized carbons (Fsp3) is 0.538. The fourth-order valence-corrected chi connectivity index (χ4v) is 1.60. The second-order valence-electron chi connectivity index (χ2n) is 4.69. The van der Waals surface area contributed by atoms with Crippen molar-refractivity contribution in [3.63, 3.8) is 0 Å². The van der Waals surface area contributed by atoms with Crippen LogP contribution >= 0.6 is 0 Å². The molecule has 1 aromatic rings. The number of ether oxygens (including phenoxy) is 1. The summed E-state index contributed by atoms with van der Waals surface area (Å²) in [5.74, 6) is 0.894. The third-order valence-corrected chi connectivity index (χ3v) is 2.82. The van der Waals surface area contributed by atoms with Crippen LogP contribution in [0.5, 0.6) is 5.75 Å². The molecule has 90 valence electrons. The van der Waals surface area contributed by atoms with Crippen LogP contribution in [0.2, 0.25) is 0 Å². The van der Waals surface area contributed by atoms with Gasteiger partial charge in [-0.3, -0.25) is 0 Å².